The summed E-state index contributed by atoms with van der Waals surface area (Å²) in [6, 6.07) is 0. The molecule has 0 heterocycles. The summed E-state index contributed by atoms with van der Waals surface area (Å²) in [5.74, 6) is 0. The molecule has 0 saturated heterocycles. The number of hydrogen-bond donors (Lipinski definition) is 0. The third-order valence-electron chi connectivity index (χ3n) is 5.55. The van der Waals surface area contributed by atoms with Gasteiger partial charge in [-0.1, -0.05) is 19.6 Å². The zero-order valence-electron chi connectivity index (χ0n) is 25.3. The second kappa shape index (κ2) is 37.0. The molecule has 4 heteroatoms. The van der Waals surface area contributed by atoms with Crippen LogP contribution in [0.1, 0.15) is 120 Å². The largest absolute Gasteiger partial charge is 1.00 e. The van der Waals surface area contributed by atoms with Crippen molar-refractivity contribution in [2.24, 2.45) is 0 Å². The monoisotopic (exact) mass is 664 g/mol. The number of hydrogen-bond acceptors (Lipinski definition) is 0. The molecule has 0 N–H and O–H groups in total. The molecule has 2 radical (unpaired) electrons. The van der Waals surface area contributed by atoms with Crippen LogP contribution in [0.2, 0.25) is 46.3 Å². The Labute approximate surface area is 231 Å². The van der Waals surface area contributed by atoms with E-state index in [9.17, 15) is 0 Å². The molecule has 0 aliphatic carbocycles. The van der Waals surface area contributed by atoms with E-state index in [0.29, 0.717) is 0 Å². The van der Waals surface area contributed by atoms with Gasteiger partial charge in [0.1, 0.15) is 0 Å². The molecule has 0 rings (SSSR count). The van der Waals surface area contributed by atoms with Crippen LogP contribution >= 0.6 is 0 Å². The summed E-state index contributed by atoms with van der Waals surface area (Å²) in [4.78, 5) is 0. The zero-order chi connectivity index (χ0) is 23.5. The molecule has 0 unspecified atom stereocenters. The third-order valence-corrected chi connectivity index (χ3v) is 25.1. The predicted octanol–water partition coefficient (Wildman–Crippen LogP) is 7.98. The molecule has 0 saturated carbocycles. The van der Waals surface area contributed by atoms with Crippen LogP contribution in [0.15, 0.2) is 0 Å². The Morgan fingerprint density at radius 1 is 0.516 bits per heavy atom. The molecule has 0 atom stereocenters. The fraction of sp³-hybridized carbons (Fsp3) is 1.00. The molecule has 0 bridgehead atoms. The molecule has 0 fully saturated rings. The zero-order valence-corrected chi connectivity index (χ0v) is 31.5. The van der Waals surface area contributed by atoms with Crippen molar-refractivity contribution in [1.29, 1.82) is 0 Å². The van der Waals surface area contributed by atoms with Gasteiger partial charge in [0, 0.05) is 8.80 Å². The first-order chi connectivity index (χ1) is 14.4. The van der Waals surface area contributed by atoms with Gasteiger partial charge < -0.3 is 1.43 Å². The Balaban J connectivity index is -0.000000123. The smallest absolute Gasteiger partial charge is 1.00 e. The van der Waals surface area contributed by atoms with Gasteiger partial charge in [-0.05, 0) is 0 Å². The summed E-state index contributed by atoms with van der Waals surface area (Å²) in [5.41, 5.74) is 0. The minimum atomic E-state index is -0.967. The summed E-state index contributed by atoms with van der Waals surface area (Å²) in [5, 5.41) is 0. The molecule has 0 aliphatic rings. The van der Waals surface area contributed by atoms with Crippen LogP contribution < -0.4 is 18.9 Å². The number of unbranched alkanes of at least 4 members (excludes halogenated alkanes) is 6. The van der Waals surface area contributed by atoms with Crippen LogP contribution in [-0.2, 0) is 0 Å². The Morgan fingerprint density at radius 2 is 0.742 bits per heavy atom. The van der Waals surface area contributed by atoms with Crippen molar-refractivity contribution in [1.82, 2.24) is 0 Å². The van der Waals surface area contributed by atoms with Gasteiger partial charge in [-0.25, -0.2) is 0 Å². The quantitative estimate of drug-likeness (QED) is 0.131. The van der Waals surface area contributed by atoms with Gasteiger partial charge in [-0.3, -0.25) is 0 Å². The summed E-state index contributed by atoms with van der Waals surface area (Å²) < 4.78 is 10.1. The van der Waals surface area contributed by atoms with Crippen LogP contribution in [0.3, 0.4) is 0 Å². The molecule has 0 aromatic carbocycles. The first-order valence-corrected chi connectivity index (χ1v) is 30.1. The van der Waals surface area contributed by atoms with Gasteiger partial charge in [0.25, 0.3) is 0 Å². The molecule has 0 spiro atoms. The van der Waals surface area contributed by atoms with E-state index in [1.807, 2.05) is 0 Å². The van der Waals surface area contributed by atoms with Crippen LogP contribution in [0.5, 0.6) is 0 Å². The number of rotatable bonds is 18. The van der Waals surface area contributed by atoms with Crippen LogP contribution in [0.4, 0.5) is 0 Å². The Bertz CT molecular complexity index is 220. The van der Waals surface area contributed by atoms with E-state index < -0.39 is 39.5 Å². The molecule has 0 aromatic rings. The third kappa shape index (κ3) is 43.0. The molecule has 0 aliphatic heterocycles. The summed E-state index contributed by atoms with van der Waals surface area (Å²) in [7, 11) is 0.120. The van der Waals surface area contributed by atoms with Crippen molar-refractivity contribution in [3.05, 3.63) is 0 Å². The molecule has 0 aromatic heterocycles. The van der Waals surface area contributed by atoms with E-state index >= 15 is 0 Å². The van der Waals surface area contributed by atoms with E-state index in [0.717, 1.165) is 0 Å². The normalized spacial score (nSPS) is 10.5. The maximum atomic E-state index is 2.34. The predicted molar refractivity (Wildman–Crippen MR) is 156 cm³/mol. The fourth-order valence-electron chi connectivity index (χ4n) is 3.57. The second-order valence-corrected chi connectivity index (χ2v) is 31.3. The minimum absolute atomic E-state index is 0. The van der Waals surface area contributed by atoms with Crippen LogP contribution in [-0.4, -0.2) is 48.3 Å². The van der Waals surface area contributed by atoms with Crippen LogP contribution in [0.25, 0.3) is 0 Å². The van der Waals surface area contributed by atoms with E-state index in [1.165, 1.54) is 77.0 Å². The Morgan fingerprint density at radius 3 is 0.935 bits per heavy atom. The summed E-state index contributed by atoms with van der Waals surface area (Å²) in [6.45, 7) is 20.8. The van der Waals surface area contributed by atoms with Crippen molar-refractivity contribution in [2.45, 2.75) is 165 Å². The molecule has 0 amide bonds. The maximum Gasteiger partial charge on any atom is 1.00 e. The molecule has 0 nitrogen and oxygen atoms in total. The summed E-state index contributed by atoms with van der Waals surface area (Å²) in [6.07, 6.45) is 17.7. The van der Waals surface area contributed by atoms with Gasteiger partial charge >= 0.3 is 204 Å². The first kappa shape index (κ1) is 40.6. The van der Waals surface area contributed by atoms with Gasteiger partial charge in [0.15, 0.2) is 0 Å². The summed E-state index contributed by atoms with van der Waals surface area (Å²) >= 11 is -1.81. The standard InChI is InChI=1S/6C4H9.C3H9Si.Li.2Sn.2H/c6*1-3-4-2;1-4(2)3;;;;;/h6*1,3-4H2,2H3;1-3H3;;;;;/q;;;;;;;+1;;;;-1. The van der Waals surface area contributed by atoms with Crippen LogP contribution in [0, 0.1) is 0 Å². The van der Waals surface area contributed by atoms with Crippen molar-refractivity contribution in [2.75, 3.05) is 0 Å². The van der Waals surface area contributed by atoms with Gasteiger partial charge in [-0.2, -0.15) is 0 Å². The minimum Gasteiger partial charge on any atom is -1.00 e. The second-order valence-electron chi connectivity index (χ2n) is 9.85. The average Bonchev–Trinajstić information content (AvgIpc) is 2.72. The van der Waals surface area contributed by atoms with Crippen molar-refractivity contribution in [3.63, 3.8) is 0 Å². The maximum absolute atomic E-state index is 2.34. The molecular formula is C27H65LiSiSn2. The van der Waals surface area contributed by atoms with Crippen molar-refractivity contribution < 1.29 is 20.3 Å². The first-order valence-electron chi connectivity index (χ1n) is 14.0. The SMILES string of the molecule is CCC[CH2][SnH]([CH2]CCC)[CH2]CCC.CCC[CH2][Sn]([CH2]CCC)[CH2]CCC.C[Si](C)C.[H-].[Li+]. The van der Waals surface area contributed by atoms with Gasteiger partial charge in [0.05, 0.1) is 0 Å². The van der Waals surface area contributed by atoms with Crippen molar-refractivity contribution in [3.8, 4) is 0 Å². The van der Waals surface area contributed by atoms with E-state index in [2.05, 4.69) is 61.2 Å². The average molecular weight is 662 g/mol. The molecule has 31 heavy (non-hydrogen) atoms. The van der Waals surface area contributed by atoms with E-state index in [1.54, 1.807) is 26.6 Å². The molecular weight excluding hydrogens is 597 g/mol. The Hall–Kier alpha value is 2.41. The Kier molecular flexibility index (Phi) is 48.4. The van der Waals surface area contributed by atoms with E-state index in [4.69, 9.17) is 0 Å². The molecule has 186 valence electrons. The topological polar surface area (TPSA) is 0 Å². The van der Waals surface area contributed by atoms with Gasteiger partial charge in [-0.15, -0.1) is 0 Å². The van der Waals surface area contributed by atoms with E-state index in [-0.39, 0.29) is 29.1 Å². The van der Waals surface area contributed by atoms with Gasteiger partial charge in [0.2, 0.25) is 0 Å². The van der Waals surface area contributed by atoms with Crippen molar-refractivity contribution >= 4 is 48.3 Å². The fourth-order valence-corrected chi connectivity index (χ4v) is 23.9.